The molecule has 0 aromatic heterocycles. The number of fused-ring (bicyclic) bond motifs is 8. The Morgan fingerprint density at radius 3 is 1.34 bits per heavy atom. The summed E-state index contributed by atoms with van der Waals surface area (Å²) in [5.41, 5.74) is 8.57. The topological polar surface area (TPSA) is 6.48 Å². The zero-order chi connectivity index (χ0) is 34.5. The Morgan fingerprint density at radius 1 is 0.500 bits per heavy atom. The fourth-order valence-corrected chi connectivity index (χ4v) is 9.07. The molecule has 0 saturated heterocycles. The number of aryl methyl sites for hydroxylation is 4. The minimum atomic E-state index is -4.47. The molecular weight excluding hydrogens is 644 g/mol. The monoisotopic (exact) mass is 676 g/mol. The molecule has 7 aromatic rings. The van der Waals surface area contributed by atoms with Gasteiger partial charge in [-0.2, -0.15) is 13.2 Å². The van der Waals surface area contributed by atoms with E-state index in [1.165, 1.54) is 0 Å². The lowest BCUT2D eigenvalue weighted by Crippen LogP contribution is -2.61. The molecule has 7 aromatic carbocycles. The van der Waals surface area contributed by atoms with E-state index in [9.17, 15) is 13.2 Å². The Morgan fingerprint density at radius 2 is 0.920 bits per heavy atom. The molecule has 0 fully saturated rings. The summed E-state index contributed by atoms with van der Waals surface area (Å²) in [7, 11) is 0. The van der Waals surface area contributed by atoms with Gasteiger partial charge in [-0.05, 0) is 101 Å². The van der Waals surface area contributed by atoms with E-state index in [2.05, 4.69) is 110 Å². The molecule has 0 N–H and O–H groups in total. The number of benzene rings is 7. The van der Waals surface area contributed by atoms with Crippen molar-refractivity contribution in [2.45, 2.75) is 38.1 Å². The van der Waals surface area contributed by atoms with Crippen LogP contribution < -0.4 is 26.2 Å². The van der Waals surface area contributed by atoms with Crippen molar-refractivity contribution in [1.82, 2.24) is 0 Å². The molecule has 0 saturated carbocycles. The highest BCUT2D eigenvalue weighted by Crippen LogP contribution is 2.51. The average molecular weight is 677 g/mol. The van der Waals surface area contributed by atoms with Crippen molar-refractivity contribution in [3.63, 3.8) is 0 Å². The lowest BCUT2D eigenvalue weighted by molar-refractivity contribution is -0.0328. The molecule has 0 amide bonds. The van der Waals surface area contributed by atoms with E-state index in [1.54, 1.807) is 12.1 Å². The summed E-state index contributed by atoms with van der Waals surface area (Å²) in [5.74, 6) is 0. The van der Waals surface area contributed by atoms with E-state index < -0.39 is 5.51 Å². The third-order valence-electron chi connectivity index (χ3n) is 10.4. The van der Waals surface area contributed by atoms with Gasteiger partial charge in [0.05, 0.1) is 11.4 Å². The van der Waals surface area contributed by atoms with Crippen LogP contribution in [0.4, 0.5) is 47.3 Å². The summed E-state index contributed by atoms with van der Waals surface area (Å²) in [5, 5.41) is 4.29. The van der Waals surface area contributed by atoms with Gasteiger partial charge >= 0.3 is 5.51 Å². The fraction of sp³-hybridized carbons (Fsp3) is 0.116. The molecule has 7 heteroatoms. The molecule has 2 aliphatic rings. The van der Waals surface area contributed by atoms with E-state index >= 15 is 0 Å². The third kappa shape index (κ3) is 4.60. The lowest BCUT2D eigenvalue weighted by Gasteiger charge is -2.46. The van der Waals surface area contributed by atoms with E-state index in [4.69, 9.17) is 0 Å². The third-order valence-corrected chi connectivity index (χ3v) is 11.1. The summed E-state index contributed by atoms with van der Waals surface area (Å²) >= 11 is -0.0438. The average Bonchev–Trinajstić information content (AvgIpc) is 3.08. The first-order chi connectivity index (χ1) is 24.1. The minimum Gasteiger partial charge on any atom is -0.310 e. The molecule has 0 bridgehead atoms. The summed E-state index contributed by atoms with van der Waals surface area (Å²) in [6.45, 7) is 8.13. The second kappa shape index (κ2) is 11.2. The van der Waals surface area contributed by atoms with Gasteiger partial charge < -0.3 is 9.80 Å². The van der Waals surface area contributed by atoms with Gasteiger partial charge in [-0.3, -0.25) is 0 Å². The molecule has 9 rings (SSSR count). The lowest BCUT2D eigenvalue weighted by atomic mass is 9.33. The molecule has 0 unspecified atom stereocenters. The SMILES string of the molecule is Cc1cccc(C)c1N1c2cc(SC(F)(F)F)cc3c2B(c2ccc4ccccc4c21)c1ccc2ccccc2c1N3c1c(C)cccc1C. The number of anilines is 6. The van der Waals surface area contributed by atoms with Crippen molar-refractivity contribution in [3.05, 3.63) is 144 Å². The molecule has 2 heterocycles. The van der Waals surface area contributed by atoms with Gasteiger partial charge in [0.25, 0.3) is 6.71 Å². The zero-order valence-corrected chi connectivity index (χ0v) is 28.9. The van der Waals surface area contributed by atoms with Gasteiger partial charge in [0.2, 0.25) is 0 Å². The highest BCUT2D eigenvalue weighted by atomic mass is 32.2. The molecule has 2 aliphatic heterocycles. The van der Waals surface area contributed by atoms with Gasteiger partial charge in [0.1, 0.15) is 0 Å². The number of hydrogen-bond donors (Lipinski definition) is 0. The number of nitrogens with zero attached hydrogens (tertiary/aromatic N) is 2. The zero-order valence-electron chi connectivity index (χ0n) is 28.1. The highest BCUT2D eigenvalue weighted by Gasteiger charge is 2.46. The molecule has 50 heavy (non-hydrogen) atoms. The first-order valence-corrected chi connectivity index (χ1v) is 17.6. The van der Waals surface area contributed by atoms with Gasteiger partial charge in [-0.1, -0.05) is 109 Å². The van der Waals surface area contributed by atoms with Crippen molar-refractivity contribution in [3.8, 4) is 0 Å². The summed E-state index contributed by atoms with van der Waals surface area (Å²) in [6, 6.07) is 41.5. The van der Waals surface area contributed by atoms with Crippen LogP contribution in [0.2, 0.25) is 0 Å². The Kier molecular flexibility index (Phi) is 6.91. The predicted molar refractivity (Wildman–Crippen MR) is 206 cm³/mol. The van der Waals surface area contributed by atoms with Crippen LogP contribution in [0, 0.1) is 27.7 Å². The highest BCUT2D eigenvalue weighted by molar-refractivity contribution is 8.00. The van der Waals surface area contributed by atoms with E-state index in [0.717, 1.165) is 94.3 Å². The van der Waals surface area contributed by atoms with Crippen LogP contribution in [0.5, 0.6) is 0 Å². The van der Waals surface area contributed by atoms with Crippen LogP contribution in [-0.2, 0) is 0 Å². The van der Waals surface area contributed by atoms with Gasteiger partial charge in [-0.15, -0.1) is 0 Å². The second-order valence-electron chi connectivity index (χ2n) is 13.5. The normalized spacial score (nSPS) is 13.5. The van der Waals surface area contributed by atoms with Crippen LogP contribution in [0.25, 0.3) is 21.5 Å². The quantitative estimate of drug-likeness (QED) is 0.136. The number of alkyl halides is 3. The maximum Gasteiger partial charge on any atom is 0.446 e. The maximum absolute atomic E-state index is 14.4. The molecule has 0 spiro atoms. The van der Waals surface area contributed by atoms with Crippen LogP contribution in [0.15, 0.2) is 126 Å². The van der Waals surface area contributed by atoms with Crippen molar-refractivity contribution in [2.24, 2.45) is 0 Å². The summed E-state index contributed by atoms with van der Waals surface area (Å²) in [4.78, 5) is 4.67. The number of hydrogen-bond acceptors (Lipinski definition) is 3. The fourth-order valence-electron chi connectivity index (χ4n) is 8.47. The van der Waals surface area contributed by atoms with Crippen molar-refractivity contribution in [1.29, 1.82) is 0 Å². The van der Waals surface area contributed by atoms with Crippen LogP contribution >= 0.6 is 11.8 Å². The van der Waals surface area contributed by atoms with Gasteiger partial charge in [0, 0.05) is 38.4 Å². The molecule has 0 atom stereocenters. The first kappa shape index (κ1) is 30.9. The number of thioether (sulfide) groups is 1. The molecule has 244 valence electrons. The van der Waals surface area contributed by atoms with Crippen molar-refractivity contribution in [2.75, 3.05) is 9.80 Å². The van der Waals surface area contributed by atoms with Crippen LogP contribution in [-0.4, -0.2) is 12.2 Å². The van der Waals surface area contributed by atoms with Crippen molar-refractivity contribution >= 4 is 90.5 Å². The molecule has 0 radical (unpaired) electrons. The minimum absolute atomic E-state index is 0.0438. The largest absolute Gasteiger partial charge is 0.446 e. The second-order valence-corrected chi connectivity index (χ2v) is 14.6. The van der Waals surface area contributed by atoms with Crippen LogP contribution in [0.3, 0.4) is 0 Å². The summed E-state index contributed by atoms with van der Waals surface area (Å²) in [6.07, 6.45) is 0. The molecule has 0 aliphatic carbocycles. The summed E-state index contributed by atoms with van der Waals surface area (Å²) < 4.78 is 43.3. The Labute approximate surface area is 294 Å². The molecule has 2 nitrogen and oxygen atoms in total. The van der Waals surface area contributed by atoms with E-state index in [-0.39, 0.29) is 23.4 Å². The smallest absolute Gasteiger partial charge is 0.310 e. The molecular formula is C43H32BF3N2S. The number of para-hydroxylation sites is 2. The number of rotatable bonds is 3. The Bertz CT molecular complexity index is 2340. The van der Waals surface area contributed by atoms with Crippen LogP contribution in [0.1, 0.15) is 22.3 Å². The number of halogens is 3. The Balaban J connectivity index is 1.50. The predicted octanol–water partition coefficient (Wildman–Crippen LogP) is 10.9. The maximum atomic E-state index is 14.4. The van der Waals surface area contributed by atoms with E-state index in [0.29, 0.717) is 0 Å². The Hall–Kier alpha value is -5.14. The van der Waals surface area contributed by atoms with E-state index in [1.807, 2.05) is 36.4 Å². The van der Waals surface area contributed by atoms with Gasteiger partial charge in [-0.25, -0.2) is 0 Å². The van der Waals surface area contributed by atoms with Gasteiger partial charge in [0.15, 0.2) is 0 Å². The first-order valence-electron chi connectivity index (χ1n) is 16.8. The standard InChI is InChI=1S/C43H32BF3N2S/c1-25-11-9-12-26(2)39(25)48-36-23-31(50-43(45,46)47)24-37-38(36)44(34-21-19-29-15-5-7-17-32(29)41(34)48)35-22-20-30-16-6-8-18-33(30)42(35)49(37)40-27(3)13-10-14-28(40)4/h5-24H,1-4H3. The van der Waals surface area contributed by atoms with Crippen molar-refractivity contribution < 1.29 is 13.2 Å².